The van der Waals surface area contributed by atoms with Gasteiger partial charge in [0.1, 0.15) is 0 Å². The van der Waals surface area contributed by atoms with Crippen LogP contribution in [-0.2, 0) is 16.4 Å². The van der Waals surface area contributed by atoms with Crippen molar-refractivity contribution in [1.82, 2.24) is 0 Å². The summed E-state index contributed by atoms with van der Waals surface area (Å²) >= 11 is 0. The molecule has 1 aromatic carbocycles. The third kappa shape index (κ3) is 13.4. The summed E-state index contributed by atoms with van der Waals surface area (Å²) in [6.45, 7) is 2.81. The minimum Gasteiger partial charge on any atom is -0.412 e. The number of hydrogen-bond donors (Lipinski definition) is 4. The van der Waals surface area contributed by atoms with Gasteiger partial charge in [0.05, 0.1) is 12.9 Å². The maximum atomic E-state index is 9.41. The molecule has 9 heteroatoms. The molecule has 120 valence electrons. The van der Waals surface area contributed by atoms with Gasteiger partial charge in [0.15, 0.2) is 0 Å². The Bertz CT molecular complexity index is 461. The number of sulfonamides is 1. The zero-order valence-corrected chi connectivity index (χ0v) is 13.2. The maximum absolute atomic E-state index is 9.41. The van der Waals surface area contributed by atoms with Gasteiger partial charge < -0.3 is 21.6 Å². The van der Waals surface area contributed by atoms with E-state index in [0.29, 0.717) is 6.54 Å². The second kappa shape index (κ2) is 11.7. The molecule has 0 atom stereocenters. The average molecular weight is 330 g/mol. The minimum absolute atomic E-state index is 0. The summed E-state index contributed by atoms with van der Waals surface area (Å²) in [5.74, 6) is 0. The Morgan fingerprint density at radius 2 is 1.85 bits per heavy atom. The predicted octanol–water partition coefficient (Wildman–Crippen LogP) is -0.263. The number of anilines is 2. The summed E-state index contributed by atoms with van der Waals surface area (Å²) in [5.41, 5.74) is 8.69. The Balaban J connectivity index is -0.000000361. The van der Waals surface area contributed by atoms with Crippen LogP contribution in [0.4, 0.5) is 11.4 Å². The number of aliphatic hydroxyl groups is 1. The zero-order valence-electron chi connectivity index (χ0n) is 11.6. The van der Waals surface area contributed by atoms with Crippen molar-refractivity contribution < 1.29 is 19.0 Å². The van der Waals surface area contributed by atoms with E-state index in [1.807, 2.05) is 18.2 Å². The summed E-state index contributed by atoms with van der Waals surface area (Å²) in [5, 5.41) is 16.1. The van der Waals surface area contributed by atoms with Gasteiger partial charge in [-0.25, -0.2) is 13.6 Å². The molecular weight excluding hydrogens is 306 g/mol. The Morgan fingerprint density at radius 1 is 1.35 bits per heavy atom. The summed E-state index contributed by atoms with van der Waals surface area (Å²) in [6, 6.07) is 5.77. The quantitative estimate of drug-likeness (QED) is 0.561. The fourth-order valence-corrected chi connectivity index (χ4v) is 1.27. The lowest BCUT2D eigenvalue weighted by atomic mass is 10.1. The summed E-state index contributed by atoms with van der Waals surface area (Å²) in [6.07, 6.45) is 1.88. The third-order valence-electron chi connectivity index (χ3n) is 1.94. The molecule has 0 amide bonds. The van der Waals surface area contributed by atoms with Crippen LogP contribution in [0.25, 0.3) is 0 Å². The van der Waals surface area contributed by atoms with Crippen LogP contribution in [0.3, 0.4) is 0 Å². The Labute approximate surface area is 126 Å². The lowest BCUT2D eigenvalue weighted by Gasteiger charge is -2.10. The van der Waals surface area contributed by atoms with E-state index in [0.717, 1.165) is 24.1 Å². The van der Waals surface area contributed by atoms with Gasteiger partial charge in [0.2, 0.25) is 10.0 Å². The summed E-state index contributed by atoms with van der Waals surface area (Å²) in [7, 11) is -3.17. The molecule has 0 saturated heterocycles. The number of hydrogen-bond acceptors (Lipinski definition) is 5. The van der Waals surface area contributed by atoms with Crippen molar-refractivity contribution in [2.24, 2.45) is 5.14 Å². The second-order valence-electron chi connectivity index (χ2n) is 3.75. The number of benzene rings is 1. The van der Waals surface area contributed by atoms with Gasteiger partial charge in [0, 0.05) is 17.9 Å². The van der Waals surface area contributed by atoms with E-state index in [4.69, 9.17) is 10.8 Å². The zero-order chi connectivity index (χ0) is 14.2. The normalized spacial score (nSPS) is 9.40. The molecule has 1 aromatic rings. The van der Waals surface area contributed by atoms with Gasteiger partial charge in [-0.05, 0) is 30.2 Å². The molecule has 0 heterocycles. The standard InChI is InChI=1S/C10H16N2O.CH5NO2S.ClH.H2O/c1-2-8-7-9(11)3-4-10(8)12-5-6-13;1-5(2,3)4;;/h3-4,7,12-13H,2,5-6,11H2,1H3;1H3,(H2,2,3,4);1H;1H2. The van der Waals surface area contributed by atoms with Crippen molar-refractivity contribution in [2.75, 3.05) is 30.5 Å². The van der Waals surface area contributed by atoms with Crippen molar-refractivity contribution >= 4 is 33.8 Å². The molecule has 0 bridgehead atoms. The monoisotopic (exact) mass is 329 g/mol. The second-order valence-corrected chi connectivity index (χ2v) is 5.41. The van der Waals surface area contributed by atoms with Crippen LogP contribution in [0, 0.1) is 0 Å². The van der Waals surface area contributed by atoms with Crippen LogP contribution in [0.5, 0.6) is 0 Å². The Kier molecular flexibility index (Phi) is 14.1. The number of nitrogen functional groups attached to an aromatic ring is 1. The van der Waals surface area contributed by atoms with E-state index >= 15 is 0 Å². The van der Waals surface area contributed by atoms with Gasteiger partial charge in [-0.3, -0.25) is 0 Å². The molecule has 0 aliphatic heterocycles. The Morgan fingerprint density at radius 3 is 2.25 bits per heavy atom. The molecule has 0 saturated carbocycles. The fourth-order valence-electron chi connectivity index (χ4n) is 1.27. The van der Waals surface area contributed by atoms with Crippen molar-refractivity contribution in [3.63, 3.8) is 0 Å². The van der Waals surface area contributed by atoms with E-state index in [2.05, 4.69) is 17.4 Å². The number of nitrogens with one attached hydrogen (secondary N) is 1. The number of aryl methyl sites for hydroxylation is 1. The lowest BCUT2D eigenvalue weighted by Crippen LogP contribution is -2.07. The molecule has 0 spiro atoms. The largest absolute Gasteiger partial charge is 0.412 e. The molecule has 7 nitrogen and oxygen atoms in total. The molecule has 0 radical (unpaired) electrons. The van der Waals surface area contributed by atoms with Crippen molar-refractivity contribution in [3.05, 3.63) is 23.8 Å². The highest BCUT2D eigenvalue weighted by Crippen LogP contribution is 2.18. The van der Waals surface area contributed by atoms with Gasteiger partial charge in [0.25, 0.3) is 0 Å². The first-order valence-corrected chi connectivity index (χ1v) is 7.44. The highest BCUT2D eigenvalue weighted by Gasteiger charge is 1.99. The summed E-state index contributed by atoms with van der Waals surface area (Å²) < 4.78 is 18.8. The number of halogens is 1. The summed E-state index contributed by atoms with van der Waals surface area (Å²) in [4.78, 5) is 0. The molecule has 0 aliphatic rings. The van der Waals surface area contributed by atoms with E-state index in [9.17, 15) is 8.42 Å². The van der Waals surface area contributed by atoms with Crippen LogP contribution < -0.4 is 16.2 Å². The highest BCUT2D eigenvalue weighted by molar-refractivity contribution is 7.88. The third-order valence-corrected chi connectivity index (χ3v) is 1.94. The first kappa shape index (κ1) is 24.0. The fraction of sp³-hybridized carbons (Fsp3) is 0.455. The SMILES string of the molecule is CCc1cc(N)ccc1NCCO.CS(N)(=O)=O.Cl.O. The lowest BCUT2D eigenvalue weighted by molar-refractivity contribution is 0.311. The van der Waals surface area contributed by atoms with E-state index in [1.165, 1.54) is 5.56 Å². The van der Waals surface area contributed by atoms with Crippen LogP contribution in [0.1, 0.15) is 12.5 Å². The van der Waals surface area contributed by atoms with Crippen LogP contribution in [0.15, 0.2) is 18.2 Å². The average Bonchev–Trinajstić information content (AvgIpc) is 2.25. The topological polar surface area (TPSA) is 150 Å². The number of rotatable bonds is 4. The van der Waals surface area contributed by atoms with Gasteiger partial charge >= 0.3 is 0 Å². The molecule has 0 aliphatic carbocycles. The minimum atomic E-state index is -3.17. The van der Waals surface area contributed by atoms with Crippen LogP contribution in [-0.4, -0.2) is 38.4 Å². The van der Waals surface area contributed by atoms with E-state index in [-0.39, 0.29) is 24.5 Å². The van der Waals surface area contributed by atoms with E-state index < -0.39 is 10.0 Å². The molecule has 8 N–H and O–H groups in total. The highest BCUT2D eigenvalue weighted by atomic mass is 35.5. The molecule has 0 fully saturated rings. The Hall–Kier alpha value is -1.06. The van der Waals surface area contributed by atoms with Crippen LogP contribution in [0.2, 0.25) is 0 Å². The number of nitrogens with two attached hydrogens (primary N) is 2. The van der Waals surface area contributed by atoms with Crippen molar-refractivity contribution in [3.8, 4) is 0 Å². The number of aliphatic hydroxyl groups excluding tert-OH is 1. The van der Waals surface area contributed by atoms with Crippen molar-refractivity contribution in [2.45, 2.75) is 13.3 Å². The predicted molar refractivity (Wildman–Crippen MR) is 85.7 cm³/mol. The smallest absolute Gasteiger partial charge is 0.206 e. The van der Waals surface area contributed by atoms with Crippen LogP contribution >= 0.6 is 12.4 Å². The van der Waals surface area contributed by atoms with Crippen molar-refractivity contribution in [1.29, 1.82) is 0 Å². The first-order chi connectivity index (χ1) is 8.27. The van der Waals surface area contributed by atoms with Gasteiger partial charge in [-0.2, -0.15) is 0 Å². The first-order valence-electron chi connectivity index (χ1n) is 5.48. The molecule has 0 aromatic heterocycles. The molecule has 1 rings (SSSR count). The van der Waals surface area contributed by atoms with Gasteiger partial charge in [-0.15, -0.1) is 12.4 Å². The number of primary sulfonamides is 1. The molecular formula is C11H24ClN3O4S. The van der Waals surface area contributed by atoms with Gasteiger partial charge in [-0.1, -0.05) is 6.92 Å². The maximum Gasteiger partial charge on any atom is 0.206 e. The molecule has 0 unspecified atom stereocenters. The molecule has 20 heavy (non-hydrogen) atoms. The van der Waals surface area contributed by atoms with E-state index in [1.54, 1.807) is 0 Å².